The minimum absolute atomic E-state index is 0.263. The van der Waals surface area contributed by atoms with Gasteiger partial charge in [-0.1, -0.05) is 52.9 Å². The number of benzene rings is 2. The Kier molecular flexibility index (Phi) is 6.79. The molecule has 1 N–H and O–H groups in total. The lowest BCUT2D eigenvalue weighted by Crippen LogP contribution is -2.41. The summed E-state index contributed by atoms with van der Waals surface area (Å²) in [6.45, 7) is 2.27. The highest BCUT2D eigenvalue weighted by atomic mass is 79.9. The predicted molar refractivity (Wildman–Crippen MR) is 128 cm³/mol. The fraction of sp³-hybridized carbons (Fsp3) is 0.417. The smallest absolute Gasteiger partial charge is 0.271 e. The minimum Gasteiger partial charge on any atom is -0.371 e. The first-order valence-electron chi connectivity index (χ1n) is 10.7. The molecule has 2 aromatic carbocycles. The summed E-state index contributed by atoms with van der Waals surface area (Å²) in [5.41, 5.74) is 5.87. The van der Waals surface area contributed by atoms with Crippen LogP contribution in [0.15, 0.2) is 52.0 Å². The van der Waals surface area contributed by atoms with Gasteiger partial charge in [0.1, 0.15) is 0 Å². The number of anilines is 1. The molecule has 0 radical (unpaired) electrons. The van der Waals surface area contributed by atoms with Gasteiger partial charge in [0.05, 0.1) is 6.21 Å². The van der Waals surface area contributed by atoms with Crippen molar-refractivity contribution >= 4 is 45.3 Å². The average molecular weight is 489 g/mol. The molecule has 0 atom stereocenters. The van der Waals surface area contributed by atoms with Gasteiger partial charge in [-0.3, -0.25) is 4.79 Å². The van der Waals surface area contributed by atoms with E-state index in [1.165, 1.54) is 50.6 Å². The summed E-state index contributed by atoms with van der Waals surface area (Å²) in [5.74, 6) is -0.263. The Hall–Kier alpha value is -1.85. The fourth-order valence-electron chi connectivity index (χ4n) is 4.68. The van der Waals surface area contributed by atoms with Gasteiger partial charge in [0.25, 0.3) is 5.91 Å². The number of hydrazone groups is 1. The summed E-state index contributed by atoms with van der Waals surface area (Å²) in [6, 6.07) is 13.1. The third-order valence-corrected chi connectivity index (χ3v) is 7.50. The van der Waals surface area contributed by atoms with E-state index in [2.05, 4.69) is 43.5 Å². The van der Waals surface area contributed by atoms with Crippen molar-refractivity contribution in [2.45, 2.75) is 44.9 Å². The van der Waals surface area contributed by atoms with Gasteiger partial charge in [-0.2, -0.15) is 5.10 Å². The van der Waals surface area contributed by atoms with Crippen LogP contribution in [0.25, 0.3) is 0 Å². The molecule has 1 aliphatic heterocycles. The van der Waals surface area contributed by atoms with E-state index in [1.807, 2.05) is 6.07 Å². The molecule has 0 unspecified atom stereocenters. The zero-order valence-electron chi connectivity index (χ0n) is 17.0. The second-order valence-electron chi connectivity index (χ2n) is 8.46. The molecule has 2 aromatic rings. The van der Waals surface area contributed by atoms with Crippen molar-refractivity contribution in [2.24, 2.45) is 10.5 Å². The van der Waals surface area contributed by atoms with Gasteiger partial charge >= 0.3 is 0 Å². The van der Waals surface area contributed by atoms with Crippen LogP contribution in [0.3, 0.4) is 0 Å². The summed E-state index contributed by atoms with van der Waals surface area (Å²) in [4.78, 5) is 14.6. The number of hydrogen-bond acceptors (Lipinski definition) is 3. The number of hydrogen-bond donors (Lipinski definition) is 1. The predicted octanol–water partition coefficient (Wildman–Crippen LogP) is 6.42. The van der Waals surface area contributed by atoms with Crippen molar-refractivity contribution in [3.63, 3.8) is 0 Å². The van der Waals surface area contributed by atoms with E-state index in [0.717, 1.165) is 23.1 Å². The van der Waals surface area contributed by atoms with Gasteiger partial charge in [0, 0.05) is 39.4 Å². The van der Waals surface area contributed by atoms with E-state index < -0.39 is 0 Å². The number of carbonyl (C=O) groups excluding carboxylic acids is 1. The minimum atomic E-state index is -0.263. The summed E-state index contributed by atoms with van der Waals surface area (Å²) < 4.78 is 0.974. The number of nitrogens with zero attached hydrogens (tertiary/aromatic N) is 2. The zero-order chi connectivity index (χ0) is 21.0. The van der Waals surface area contributed by atoms with Crippen LogP contribution in [0.4, 0.5) is 5.69 Å². The molecule has 1 saturated heterocycles. The lowest BCUT2D eigenvalue weighted by atomic mass is 9.68. The molecule has 0 aromatic heterocycles. The SMILES string of the molecule is O=C(N/N=C/c1ccc(N2CCC3(CCCCC3)CC2)cc1Br)c1ccc(Cl)cc1. The van der Waals surface area contributed by atoms with Crippen LogP contribution in [0.2, 0.25) is 5.02 Å². The Morgan fingerprint density at radius 3 is 2.40 bits per heavy atom. The third-order valence-electron chi connectivity index (χ3n) is 6.56. The molecule has 1 spiro atoms. The summed E-state index contributed by atoms with van der Waals surface area (Å²) >= 11 is 9.51. The molecule has 1 amide bonds. The maximum absolute atomic E-state index is 12.1. The molecule has 2 aliphatic rings. The Morgan fingerprint density at radius 1 is 1.03 bits per heavy atom. The highest BCUT2D eigenvalue weighted by Gasteiger charge is 2.35. The molecule has 158 valence electrons. The standard InChI is InChI=1S/C24H27BrClN3O/c25-22-16-21(29-14-12-24(13-15-29)10-2-1-3-11-24)9-6-19(22)17-27-28-23(30)18-4-7-20(26)8-5-18/h4-9,16-17H,1-3,10-15H2,(H,28,30)/b27-17+. The number of rotatable bonds is 4. The largest absolute Gasteiger partial charge is 0.371 e. The fourth-order valence-corrected chi connectivity index (χ4v) is 5.28. The molecular formula is C24H27BrClN3O. The van der Waals surface area contributed by atoms with Crippen LogP contribution >= 0.6 is 27.5 Å². The first-order valence-corrected chi connectivity index (χ1v) is 11.9. The van der Waals surface area contributed by atoms with Crippen LogP contribution < -0.4 is 10.3 Å². The number of halogens is 2. The summed E-state index contributed by atoms with van der Waals surface area (Å²) in [5, 5.41) is 4.70. The van der Waals surface area contributed by atoms with Gasteiger partial charge < -0.3 is 4.90 Å². The zero-order valence-corrected chi connectivity index (χ0v) is 19.4. The van der Waals surface area contributed by atoms with Gasteiger partial charge in [-0.05, 0) is 67.5 Å². The van der Waals surface area contributed by atoms with E-state index in [1.54, 1.807) is 30.5 Å². The maximum atomic E-state index is 12.1. The van der Waals surface area contributed by atoms with Crippen molar-refractivity contribution in [1.29, 1.82) is 0 Å². The molecular weight excluding hydrogens is 462 g/mol. The molecule has 1 saturated carbocycles. The van der Waals surface area contributed by atoms with Crippen molar-refractivity contribution in [1.82, 2.24) is 5.43 Å². The second kappa shape index (κ2) is 9.52. The molecule has 6 heteroatoms. The number of amides is 1. The van der Waals surface area contributed by atoms with E-state index in [-0.39, 0.29) is 5.91 Å². The van der Waals surface area contributed by atoms with E-state index in [0.29, 0.717) is 16.0 Å². The van der Waals surface area contributed by atoms with Gasteiger partial charge in [0.15, 0.2) is 0 Å². The quantitative estimate of drug-likeness (QED) is 0.399. The van der Waals surface area contributed by atoms with Crippen molar-refractivity contribution in [2.75, 3.05) is 18.0 Å². The van der Waals surface area contributed by atoms with Gasteiger partial charge in [-0.15, -0.1) is 0 Å². The maximum Gasteiger partial charge on any atom is 0.271 e. The average Bonchev–Trinajstić information content (AvgIpc) is 2.76. The van der Waals surface area contributed by atoms with Crippen molar-refractivity contribution in [3.05, 3.63) is 63.1 Å². The topological polar surface area (TPSA) is 44.7 Å². The molecule has 4 rings (SSSR count). The third kappa shape index (κ3) is 5.06. The van der Waals surface area contributed by atoms with Gasteiger partial charge in [-0.25, -0.2) is 5.43 Å². The Labute approximate surface area is 191 Å². The normalized spacial score (nSPS) is 18.7. The second-order valence-corrected chi connectivity index (χ2v) is 9.75. The van der Waals surface area contributed by atoms with E-state index in [9.17, 15) is 4.79 Å². The molecule has 30 heavy (non-hydrogen) atoms. The molecule has 1 heterocycles. The van der Waals surface area contributed by atoms with Crippen LogP contribution in [-0.2, 0) is 0 Å². The Morgan fingerprint density at radius 2 is 1.73 bits per heavy atom. The Bertz CT molecular complexity index is 913. The highest BCUT2D eigenvalue weighted by Crippen LogP contribution is 2.45. The monoisotopic (exact) mass is 487 g/mol. The number of piperidine rings is 1. The molecule has 4 nitrogen and oxygen atoms in total. The first-order chi connectivity index (χ1) is 14.5. The van der Waals surface area contributed by atoms with Gasteiger partial charge in [0.2, 0.25) is 0 Å². The number of nitrogens with one attached hydrogen (secondary N) is 1. The molecule has 1 aliphatic carbocycles. The lowest BCUT2D eigenvalue weighted by molar-refractivity contribution is 0.0955. The number of carbonyl (C=O) groups is 1. The summed E-state index contributed by atoms with van der Waals surface area (Å²) in [6.07, 6.45) is 11.4. The van der Waals surface area contributed by atoms with Crippen LogP contribution in [0, 0.1) is 5.41 Å². The van der Waals surface area contributed by atoms with Crippen molar-refractivity contribution in [3.8, 4) is 0 Å². The molecule has 2 fully saturated rings. The lowest BCUT2D eigenvalue weighted by Gasteiger charge is -2.45. The highest BCUT2D eigenvalue weighted by molar-refractivity contribution is 9.10. The first kappa shape index (κ1) is 21.4. The Balaban J connectivity index is 1.34. The van der Waals surface area contributed by atoms with Crippen molar-refractivity contribution < 1.29 is 4.79 Å². The molecule has 0 bridgehead atoms. The van der Waals surface area contributed by atoms with E-state index >= 15 is 0 Å². The van der Waals surface area contributed by atoms with Crippen LogP contribution in [0.5, 0.6) is 0 Å². The van der Waals surface area contributed by atoms with Crippen LogP contribution in [-0.4, -0.2) is 25.2 Å². The van der Waals surface area contributed by atoms with E-state index in [4.69, 9.17) is 11.6 Å². The summed E-state index contributed by atoms with van der Waals surface area (Å²) in [7, 11) is 0. The van der Waals surface area contributed by atoms with Crippen LogP contribution in [0.1, 0.15) is 60.9 Å².